The van der Waals surface area contributed by atoms with Crippen LogP contribution in [0.3, 0.4) is 0 Å². The SMILES string of the molecule is Cc1cc(=O)c2c(o1)OC(c1ccccc1)C2. The molecule has 0 radical (unpaired) electrons. The molecule has 0 saturated carbocycles. The van der Waals surface area contributed by atoms with E-state index in [4.69, 9.17) is 9.15 Å². The third-order valence-electron chi connectivity index (χ3n) is 2.94. The lowest BCUT2D eigenvalue weighted by atomic mass is 10.0. The van der Waals surface area contributed by atoms with Gasteiger partial charge in [0.25, 0.3) is 5.95 Å². The average Bonchev–Trinajstić information content (AvgIpc) is 2.74. The van der Waals surface area contributed by atoms with E-state index >= 15 is 0 Å². The van der Waals surface area contributed by atoms with Crippen molar-refractivity contribution < 1.29 is 9.15 Å². The predicted octanol–water partition coefficient (Wildman–Crippen LogP) is 2.62. The number of ether oxygens (including phenoxy) is 1. The van der Waals surface area contributed by atoms with Gasteiger partial charge in [0.15, 0.2) is 5.43 Å². The van der Waals surface area contributed by atoms with E-state index in [9.17, 15) is 4.79 Å². The van der Waals surface area contributed by atoms with Gasteiger partial charge in [-0.3, -0.25) is 4.79 Å². The van der Waals surface area contributed by atoms with Gasteiger partial charge in [-0.15, -0.1) is 0 Å². The molecule has 0 bridgehead atoms. The van der Waals surface area contributed by atoms with Crippen LogP contribution in [0.5, 0.6) is 5.95 Å². The molecule has 1 aromatic carbocycles. The molecule has 0 N–H and O–H groups in total. The van der Waals surface area contributed by atoms with E-state index in [2.05, 4.69) is 0 Å². The second kappa shape index (κ2) is 3.77. The lowest BCUT2D eigenvalue weighted by Gasteiger charge is -2.09. The Morgan fingerprint density at radius 3 is 2.76 bits per heavy atom. The monoisotopic (exact) mass is 228 g/mol. The maximum absolute atomic E-state index is 11.8. The van der Waals surface area contributed by atoms with Gasteiger partial charge in [0, 0.05) is 12.5 Å². The van der Waals surface area contributed by atoms with Crippen LogP contribution in [-0.2, 0) is 6.42 Å². The maximum atomic E-state index is 11.8. The van der Waals surface area contributed by atoms with E-state index in [0.29, 0.717) is 23.7 Å². The van der Waals surface area contributed by atoms with Crippen LogP contribution in [-0.4, -0.2) is 0 Å². The fourth-order valence-electron chi connectivity index (χ4n) is 2.10. The molecule has 1 atom stereocenters. The Labute approximate surface area is 98.7 Å². The summed E-state index contributed by atoms with van der Waals surface area (Å²) in [7, 11) is 0. The molecule has 1 aliphatic heterocycles. The fourth-order valence-corrected chi connectivity index (χ4v) is 2.10. The number of fused-ring (bicyclic) bond motifs is 1. The smallest absolute Gasteiger partial charge is 0.292 e. The van der Waals surface area contributed by atoms with Crippen LogP contribution in [0.1, 0.15) is 23.0 Å². The summed E-state index contributed by atoms with van der Waals surface area (Å²) in [6, 6.07) is 11.4. The summed E-state index contributed by atoms with van der Waals surface area (Å²) in [6.45, 7) is 1.75. The number of hydrogen-bond donors (Lipinski definition) is 0. The van der Waals surface area contributed by atoms with E-state index in [0.717, 1.165) is 5.56 Å². The Morgan fingerprint density at radius 1 is 1.24 bits per heavy atom. The zero-order valence-electron chi connectivity index (χ0n) is 9.47. The molecule has 0 aliphatic carbocycles. The molecule has 3 nitrogen and oxygen atoms in total. The van der Waals surface area contributed by atoms with Crippen LogP contribution in [0.25, 0.3) is 0 Å². The molecule has 0 spiro atoms. The van der Waals surface area contributed by atoms with Crippen molar-refractivity contribution in [3.63, 3.8) is 0 Å². The van der Waals surface area contributed by atoms with Crippen LogP contribution in [0.2, 0.25) is 0 Å². The Balaban J connectivity index is 1.99. The molecule has 86 valence electrons. The van der Waals surface area contributed by atoms with Crippen LogP contribution in [0, 0.1) is 6.92 Å². The van der Waals surface area contributed by atoms with Crippen LogP contribution in [0.15, 0.2) is 45.6 Å². The summed E-state index contributed by atoms with van der Waals surface area (Å²) in [4.78, 5) is 11.8. The first-order valence-electron chi connectivity index (χ1n) is 5.59. The van der Waals surface area contributed by atoms with Gasteiger partial charge < -0.3 is 9.15 Å². The molecule has 0 saturated heterocycles. The first-order valence-corrected chi connectivity index (χ1v) is 5.59. The first-order chi connectivity index (χ1) is 8.24. The second-order valence-electron chi connectivity index (χ2n) is 4.21. The van der Waals surface area contributed by atoms with Crippen molar-refractivity contribution in [1.29, 1.82) is 0 Å². The number of benzene rings is 1. The van der Waals surface area contributed by atoms with Gasteiger partial charge in [-0.2, -0.15) is 0 Å². The predicted molar refractivity (Wildman–Crippen MR) is 63.2 cm³/mol. The lowest BCUT2D eigenvalue weighted by Crippen LogP contribution is -2.06. The molecule has 1 aromatic heterocycles. The summed E-state index contributed by atoms with van der Waals surface area (Å²) in [6.07, 6.45) is 0.478. The topological polar surface area (TPSA) is 39.4 Å². The number of aryl methyl sites for hydroxylation is 1. The summed E-state index contributed by atoms with van der Waals surface area (Å²) in [5.74, 6) is 0.964. The Morgan fingerprint density at radius 2 is 2.00 bits per heavy atom. The minimum atomic E-state index is -0.107. The van der Waals surface area contributed by atoms with Crippen molar-refractivity contribution in [3.8, 4) is 5.95 Å². The first kappa shape index (κ1) is 10.1. The molecular formula is C14H12O3. The van der Waals surface area contributed by atoms with Gasteiger partial charge in [-0.1, -0.05) is 30.3 Å². The van der Waals surface area contributed by atoms with Crippen molar-refractivity contribution in [2.45, 2.75) is 19.4 Å². The van der Waals surface area contributed by atoms with E-state index < -0.39 is 0 Å². The summed E-state index contributed by atoms with van der Waals surface area (Å²) in [5, 5.41) is 0. The van der Waals surface area contributed by atoms with Gasteiger partial charge in [0.1, 0.15) is 11.9 Å². The summed E-state index contributed by atoms with van der Waals surface area (Å²) < 4.78 is 11.1. The van der Waals surface area contributed by atoms with Gasteiger partial charge in [0.05, 0.1) is 5.56 Å². The van der Waals surface area contributed by atoms with E-state index in [1.54, 1.807) is 6.92 Å². The van der Waals surface area contributed by atoms with Crippen LogP contribution >= 0.6 is 0 Å². The molecule has 1 aliphatic rings. The van der Waals surface area contributed by atoms with Crippen molar-refractivity contribution in [2.24, 2.45) is 0 Å². The molecule has 2 heterocycles. The van der Waals surface area contributed by atoms with Crippen molar-refractivity contribution >= 4 is 0 Å². The maximum Gasteiger partial charge on any atom is 0.292 e. The minimum absolute atomic E-state index is 0.00202. The zero-order chi connectivity index (χ0) is 11.8. The summed E-state index contributed by atoms with van der Waals surface area (Å²) in [5.41, 5.74) is 1.71. The average molecular weight is 228 g/mol. The fraction of sp³-hybridized carbons (Fsp3) is 0.214. The van der Waals surface area contributed by atoms with E-state index in [-0.39, 0.29) is 11.5 Å². The largest absolute Gasteiger partial charge is 0.456 e. The molecular weight excluding hydrogens is 216 g/mol. The summed E-state index contributed by atoms with van der Waals surface area (Å²) >= 11 is 0. The Bertz CT molecular complexity index is 599. The van der Waals surface area contributed by atoms with Crippen molar-refractivity contribution in [1.82, 2.24) is 0 Å². The van der Waals surface area contributed by atoms with Gasteiger partial charge in [-0.25, -0.2) is 0 Å². The molecule has 2 aromatic rings. The highest BCUT2D eigenvalue weighted by molar-refractivity contribution is 5.33. The van der Waals surface area contributed by atoms with Gasteiger partial charge in [0.2, 0.25) is 0 Å². The minimum Gasteiger partial charge on any atom is -0.456 e. The molecule has 3 heteroatoms. The number of rotatable bonds is 1. The van der Waals surface area contributed by atoms with Crippen molar-refractivity contribution in [2.75, 3.05) is 0 Å². The van der Waals surface area contributed by atoms with Gasteiger partial charge >= 0.3 is 0 Å². The second-order valence-corrected chi connectivity index (χ2v) is 4.21. The standard InChI is InChI=1S/C14H12O3/c1-9-7-12(15)11-8-13(17-14(11)16-9)10-5-3-2-4-6-10/h2-7,13H,8H2,1H3. The normalized spacial score (nSPS) is 17.6. The third kappa shape index (κ3) is 1.73. The van der Waals surface area contributed by atoms with Crippen LogP contribution < -0.4 is 10.2 Å². The van der Waals surface area contributed by atoms with Gasteiger partial charge in [-0.05, 0) is 12.5 Å². The molecule has 1 unspecified atom stereocenters. The molecule has 3 rings (SSSR count). The lowest BCUT2D eigenvalue weighted by molar-refractivity contribution is 0.184. The quantitative estimate of drug-likeness (QED) is 0.753. The molecule has 0 fully saturated rings. The molecule has 17 heavy (non-hydrogen) atoms. The number of hydrogen-bond acceptors (Lipinski definition) is 3. The highest BCUT2D eigenvalue weighted by atomic mass is 16.6. The van der Waals surface area contributed by atoms with E-state index in [1.165, 1.54) is 6.07 Å². The third-order valence-corrected chi connectivity index (χ3v) is 2.94. The Kier molecular flexibility index (Phi) is 2.25. The van der Waals surface area contributed by atoms with Crippen LogP contribution in [0.4, 0.5) is 0 Å². The Hall–Kier alpha value is -2.03. The van der Waals surface area contributed by atoms with Crippen molar-refractivity contribution in [3.05, 3.63) is 63.5 Å². The highest BCUT2D eigenvalue weighted by Gasteiger charge is 2.28. The zero-order valence-corrected chi connectivity index (χ0v) is 9.47. The van der Waals surface area contributed by atoms with E-state index in [1.807, 2.05) is 30.3 Å². The highest BCUT2D eigenvalue weighted by Crippen LogP contribution is 2.34. The molecule has 0 amide bonds.